The van der Waals surface area contributed by atoms with Crippen LogP contribution in [0.15, 0.2) is 10.7 Å². The summed E-state index contributed by atoms with van der Waals surface area (Å²) in [6.07, 6.45) is 4.65. The fourth-order valence-electron chi connectivity index (χ4n) is 2.28. The van der Waals surface area contributed by atoms with Crippen molar-refractivity contribution in [2.45, 2.75) is 32.1 Å². The highest BCUT2D eigenvalue weighted by Gasteiger charge is 2.24. The van der Waals surface area contributed by atoms with Gasteiger partial charge in [-0.1, -0.05) is 6.92 Å². The molecule has 0 spiro atoms. The SMILES string of the molecule is CCN1CCCC(c2nc(CCO)co2)C1. The van der Waals surface area contributed by atoms with Gasteiger partial charge in [-0.3, -0.25) is 0 Å². The third-order valence-corrected chi connectivity index (χ3v) is 3.24. The van der Waals surface area contributed by atoms with E-state index in [-0.39, 0.29) is 6.61 Å². The van der Waals surface area contributed by atoms with Gasteiger partial charge in [0.25, 0.3) is 0 Å². The predicted octanol–water partition coefficient (Wildman–Crippen LogP) is 1.41. The van der Waals surface area contributed by atoms with Crippen molar-refractivity contribution in [3.05, 3.63) is 17.8 Å². The molecule has 0 saturated carbocycles. The van der Waals surface area contributed by atoms with E-state index in [0.717, 1.165) is 31.1 Å². The van der Waals surface area contributed by atoms with Gasteiger partial charge in [0, 0.05) is 25.5 Å². The van der Waals surface area contributed by atoms with Crippen molar-refractivity contribution in [2.24, 2.45) is 0 Å². The molecule has 16 heavy (non-hydrogen) atoms. The monoisotopic (exact) mass is 224 g/mol. The molecular weight excluding hydrogens is 204 g/mol. The smallest absolute Gasteiger partial charge is 0.198 e. The molecule has 0 bridgehead atoms. The van der Waals surface area contributed by atoms with E-state index in [1.807, 2.05) is 0 Å². The molecular formula is C12H20N2O2. The van der Waals surface area contributed by atoms with Gasteiger partial charge in [-0.2, -0.15) is 0 Å². The summed E-state index contributed by atoms with van der Waals surface area (Å²) in [4.78, 5) is 6.87. The molecule has 0 aromatic carbocycles. The first kappa shape index (κ1) is 11.6. The molecule has 0 aliphatic carbocycles. The Hall–Kier alpha value is -0.870. The molecule has 1 atom stereocenters. The minimum atomic E-state index is 0.137. The van der Waals surface area contributed by atoms with Gasteiger partial charge >= 0.3 is 0 Å². The summed E-state index contributed by atoms with van der Waals surface area (Å²) in [6.45, 7) is 5.67. The molecule has 4 heteroatoms. The Morgan fingerprint density at radius 1 is 1.62 bits per heavy atom. The minimum Gasteiger partial charge on any atom is -0.448 e. The number of aliphatic hydroxyl groups is 1. The average molecular weight is 224 g/mol. The van der Waals surface area contributed by atoms with E-state index in [1.165, 1.54) is 13.0 Å². The van der Waals surface area contributed by atoms with E-state index in [1.54, 1.807) is 6.26 Å². The molecule has 1 unspecified atom stereocenters. The summed E-state index contributed by atoms with van der Waals surface area (Å²) in [5.41, 5.74) is 0.867. The molecule has 1 aromatic heterocycles. The highest BCUT2D eigenvalue weighted by atomic mass is 16.3. The molecule has 1 aromatic rings. The van der Waals surface area contributed by atoms with Gasteiger partial charge in [-0.25, -0.2) is 4.98 Å². The number of aromatic nitrogens is 1. The molecule has 1 aliphatic rings. The Morgan fingerprint density at radius 3 is 3.25 bits per heavy atom. The van der Waals surface area contributed by atoms with Crippen LogP contribution in [0.1, 0.15) is 37.3 Å². The lowest BCUT2D eigenvalue weighted by Gasteiger charge is -2.29. The van der Waals surface area contributed by atoms with E-state index < -0.39 is 0 Å². The van der Waals surface area contributed by atoms with Gasteiger partial charge in [-0.05, 0) is 25.9 Å². The van der Waals surface area contributed by atoms with Gasteiger partial charge in [0.15, 0.2) is 5.89 Å². The number of likely N-dealkylation sites (N-methyl/N-ethyl adjacent to an activating group) is 1. The first-order chi connectivity index (χ1) is 7.83. The summed E-state index contributed by atoms with van der Waals surface area (Å²) in [7, 11) is 0. The van der Waals surface area contributed by atoms with E-state index in [2.05, 4.69) is 16.8 Å². The highest BCUT2D eigenvalue weighted by molar-refractivity contribution is 5.02. The Labute approximate surface area is 96.3 Å². The number of likely N-dealkylation sites (tertiary alicyclic amines) is 1. The highest BCUT2D eigenvalue weighted by Crippen LogP contribution is 2.26. The van der Waals surface area contributed by atoms with E-state index in [4.69, 9.17) is 9.52 Å². The van der Waals surface area contributed by atoms with Crippen LogP contribution in [0.2, 0.25) is 0 Å². The summed E-state index contributed by atoms with van der Waals surface area (Å²) < 4.78 is 5.50. The minimum absolute atomic E-state index is 0.137. The second kappa shape index (κ2) is 5.46. The van der Waals surface area contributed by atoms with E-state index >= 15 is 0 Å². The van der Waals surface area contributed by atoms with Crippen LogP contribution in [0.3, 0.4) is 0 Å². The van der Waals surface area contributed by atoms with Crippen molar-refractivity contribution in [1.82, 2.24) is 9.88 Å². The maximum Gasteiger partial charge on any atom is 0.198 e. The van der Waals surface area contributed by atoms with Gasteiger partial charge in [0.05, 0.1) is 5.69 Å². The Kier molecular flexibility index (Phi) is 3.96. The molecule has 1 N–H and O–H groups in total. The lowest BCUT2D eigenvalue weighted by atomic mass is 9.98. The molecule has 2 heterocycles. The lowest BCUT2D eigenvalue weighted by molar-refractivity contribution is 0.202. The number of hydrogen-bond acceptors (Lipinski definition) is 4. The van der Waals surface area contributed by atoms with Crippen LogP contribution in [-0.2, 0) is 6.42 Å². The molecule has 2 rings (SSSR count). The molecule has 0 radical (unpaired) electrons. The molecule has 90 valence electrons. The summed E-state index contributed by atoms with van der Waals surface area (Å²) in [5, 5.41) is 8.83. The fraction of sp³-hybridized carbons (Fsp3) is 0.750. The van der Waals surface area contributed by atoms with Crippen molar-refractivity contribution in [2.75, 3.05) is 26.2 Å². The summed E-state index contributed by atoms with van der Waals surface area (Å²) in [5.74, 6) is 1.28. The summed E-state index contributed by atoms with van der Waals surface area (Å²) >= 11 is 0. The lowest BCUT2D eigenvalue weighted by Crippen LogP contribution is -2.34. The van der Waals surface area contributed by atoms with Crippen molar-refractivity contribution < 1.29 is 9.52 Å². The first-order valence-corrected chi connectivity index (χ1v) is 6.11. The number of oxazole rings is 1. The Bertz CT molecular complexity index is 325. The van der Waals surface area contributed by atoms with E-state index in [9.17, 15) is 0 Å². The topological polar surface area (TPSA) is 49.5 Å². The van der Waals surface area contributed by atoms with Crippen LogP contribution in [0, 0.1) is 0 Å². The number of hydrogen-bond donors (Lipinski definition) is 1. The Balaban J connectivity index is 1.99. The molecule has 1 saturated heterocycles. The van der Waals surface area contributed by atoms with Gasteiger partial charge < -0.3 is 14.4 Å². The quantitative estimate of drug-likeness (QED) is 0.840. The normalized spacial score (nSPS) is 22.5. The number of piperidine rings is 1. The van der Waals surface area contributed by atoms with Crippen LogP contribution in [0.25, 0.3) is 0 Å². The maximum absolute atomic E-state index is 8.83. The van der Waals surface area contributed by atoms with Crippen molar-refractivity contribution in [3.63, 3.8) is 0 Å². The van der Waals surface area contributed by atoms with E-state index in [0.29, 0.717) is 12.3 Å². The average Bonchev–Trinajstić information content (AvgIpc) is 2.78. The third kappa shape index (κ3) is 2.62. The van der Waals surface area contributed by atoms with Gasteiger partial charge in [0.1, 0.15) is 6.26 Å². The van der Waals surface area contributed by atoms with Crippen LogP contribution in [-0.4, -0.2) is 41.2 Å². The standard InChI is InChI=1S/C12H20N2O2/c1-2-14-6-3-4-10(8-14)12-13-11(5-7-15)9-16-12/h9-10,15H,2-8H2,1H3. The number of rotatable bonds is 4. The van der Waals surface area contributed by atoms with Gasteiger partial charge in [0.2, 0.25) is 0 Å². The van der Waals surface area contributed by atoms with Crippen LogP contribution < -0.4 is 0 Å². The largest absolute Gasteiger partial charge is 0.448 e. The zero-order chi connectivity index (χ0) is 11.4. The maximum atomic E-state index is 8.83. The van der Waals surface area contributed by atoms with Gasteiger partial charge in [-0.15, -0.1) is 0 Å². The fourth-order valence-corrected chi connectivity index (χ4v) is 2.28. The van der Waals surface area contributed by atoms with Crippen molar-refractivity contribution in [3.8, 4) is 0 Å². The number of nitrogens with zero attached hydrogens (tertiary/aromatic N) is 2. The first-order valence-electron chi connectivity index (χ1n) is 6.11. The molecule has 0 amide bonds. The zero-order valence-corrected chi connectivity index (χ0v) is 9.85. The molecule has 1 fully saturated rings. The van der Waals surface area contributed by atoms with Crippen LogP contribution in [0.5, 0.6) is 0 Å². The number of aliphatic hydroxyl groups excluding tert-OH is 1. The predicted molar refractivity (Wildman–Crippen MR) is 61.4 cm³/mol. The molecule has 1 aliphatic heterocycles. The Morgan fingerprint density at radius 2 is 2.50 bits per heavy atom. The summed E-state index contributed by atoms with van der Waals surface area (Å²) in [6, 6.07) is 0. The third-order valence-electron chi connectivity index (χ3n) is 3.24. The van der Waals surface area contributed by atoms with Crippen molar-refractivity contribution >= 4 is 0 Å². The molecule has 4 nitrogen and oxygen atoms in total. The van der Waals surface area contributed by atoms with Crippen LogP contribution in [0.4, 0.5) is 0 Å². The second-order valence-electron chi connectivity index (χ2n) is 4.38. The van der Waals surface area contributed by atoms with Crippen molar-refractivity contribution in [1.29, 1.82) is 0 Å². The second-order valence-corrected chi connectivity index (χ2v) is 4.38. The zero-order valence-electron chi connectivity index (χ0n) is 9.85. The van der Waals surface area contributed by atoms with Crippen LogP contribution >= 0.6 is 0 Å².